The van der Waals surface area contributed by atoms with Gasteiger partial charge in [-0.2, -0.15) is 0 Å². The van der Waals surface area contributed by atoms with Crippen molar-refractivity contribution < 1.29 is 4.18 Å². The highest BCUT2D eigenvalue weighted by Crippen LogP contribution is 2.49. The van der Waals surface area contributed by atoms with E-state index in [0.717, 1.165) is 0 Å². The Morgan fingerprint density at radius 1 is 0.875 bits per heavy atom. The number of hydrogen-bond acceptors (Lipinski definition) is 2. The third-order valence-corrected chi connectivity index (χ3v) is 3.72. The third kappa shape index (κ3) is 1.11. The van der Waals surface area contributed by atoms with Gasteiger partial charge in [-0.3, -0.25) is 0 Å². The van der Waals surface area contributed by atoms with Gasteiger partial charge in [0.25, 0.3) is 0 Å². The lowest BCUT2D eigenvalue weighted by atomic mass is 9.94. The van der Waals surface area contributed by atoms with E-state index < -0.39 is 5.60 Å². The lowest BCUT2D eigenvalue weighted by Crippen LogP contribution is -2.20. The summed E-state index contributed by atoms with van der Waals surface area (Å²) in [4.78, 5) is 0. The number of fused-ring (bicyclic) bond motifs is 3. The quantitative estimate of drug-likeness (QED) is 0.577. The van der Waals surface area contributed by atoms with Gasteiger partial charge < -0.3 is 4.18 Å². The summed E-state index contributed by atoms with van der Waals surface area (Å²) in [5, 5.41) is 0. The van der Waals surface area contributed by atoms with E-state index in [1.54, 1.807) is 0 Å². The van der Waals surface area contributed by atoms with Crippen LogP contribution in [0.5, 0.6) is 0 Å². The molecule has 0 amide bonds. The lowest BCUT2D eigenvalue weighted by molar-refractivity contribution is 0.178. The predicted molar refractivity (Wildman–Crippen MR) is 68.4 cm³/mol. The van der Waals surface area contributed by atoms with Crippen LogP contribution in [0.1, 0.15) is 18.1 Å². The molecule has 2 aromatic carbocycles. The van der Waals surface area contributed by atoms with Crippen molar-refractivity contribution in [2.45, 2.75) is 12.5 Å². The van der Waals surface area contributed by atoms with Crippen LogP contribution >= 0.6 is 12.9 Å². The van der Waals surface area contributed by atoms with Gasteiger partial charge in [0.1, 0.15) is 5.60 Å². The van der Waals surface area contributed by atoms with Gasteiger partial charge >= 0.3 is 0 Å². The smallest absolute Gasteiger partial charge is 0.131 e. The Hall–Kier alpha value is -1.25. The molecule has 0 aromatic heterocycles. The van der Waals surface area contributed by atoms with Crippen molar-refractivity contribution >= 4 is 12.9 Å². The predicted octanol–water partition coefficient (Wildman–Crippen LogP) is 3.79. The zero-order valence-electron chi connectivity index (χ0n) is 8.97. The largest absolute Gasteiger partial charge is 0.303 e. The van der Waals surface area contributed by atoms with E-state index in [1.165, 1.54) is 22.3 Å². The molecule has 1 aliphatic carbocycles. The van der Waals surface area contributed by atoms with Crippen molar-refractivity contribution in [2.24, 2.45) is 0 Å². The van der Waals surface area contributed by atoms with Crippen molar-refractivity contribution in [1.82, 2.24) is 0 Å². The minimum absolute atomic E-state index is 0.434. The van der Waals surface area contributed by atoms with E-state index in [9.17, 15) is 0 Å². The molecule has 1 nitrogen and oxygen atoms in total. The summed E-state index contributed by atoms with van der Waals surface area (Å²) in [6.07, 6.45) is 0. The van der Waals surface area contributed by atoms with E-state index in [2.05, 4.69) is 56.2 Å². The Bertz CT molecular complexity index is 502. The summed E-state index contributed by atoms with van der Waals surface area (Å²) in [6.45, 7) is 2.06. The molecule has 0 saturated heterocycles. The monoisotopic (exact) mass is 228 g/mol. The first-order valence-electron chi connectivity index (χ1n) is 5.29. The normalized spacial score (nSPS) is 15.6. The molecule has 0 fully saturated rings. The molecule has 0 bridgehead atoms. The summed E-state index contributed by atoms with van der Waals surface area (Å²) in [5.41, 5.74) is 4.43. The van der Waals surface area contributed by atoms with Crippen LogP contribution in [0.4, 0.5) is 0 Å². The molecule has 0 spiro atoms. The molecule has 3 rings (SSSR count). The van der Waals surface area contributed by atoms with E-state index in [4.69, 9.17) is 4.18 Å². The first-order valence-corrected chi connectivity index (χ1v) is 5.66. The molecule has 0 atom stereocenters. The minimum atomic E-state index is -0.434. The van der Waals surface area contributed by atoms with Crippen LogP contribution in [0, 0.1) is 0 Å². The van der Waals surface area contributed by atoms with Gasteiger partial charge in [-0.05, 0) is 42.1 Å². The molecule has 0 radical (unpaired) electrons. The first kappa shape index (κ1) is 9.94. The van der Waals surface area contributed by atoms with Crippen LogP contribution in [-0.4, -0.2) is 0 Å². The molecule has 0 aliphatic heterocycles. The average molecular weight is 228 g/mol. The summed E-state index contributed by atoms with van der Waals surface area (Å²) < 4.78 is 5.45. The maximum atomic E-state index is 5.45. The van der Waals surface area contributed by atoms with E-state index in [1.807, 2.05) is 12.1 Å². The molecule has 2 heteroatoms. The highest BCUT2D eigenvalue weighted by atomic mass is 32.1. The van der Waals surface area contributed by atoms with Crippen LogP contribution in [0.15, 0.2) is 48.5 Å². The lowest BCUT2D eigenvalue weighted by Gasteiger charge is -2.23. The summed E-state index contributed by atoms with van der Waals surface area (Å²) >= 11 is 4.05. The number of hydrogen-bond donors (Lipinski definition) is 1. The molecule has 0 N–H and O–H groups in total. The minimum Gasteiger partial charge on any atom is -0.303 e. The summed E-state index contributed by atoms with van der Waals surface area (Å²) in [6, 6.07) is 16.7. The fourth-order valence-corrected chi connectivity index (χ4v) is 2.71. The third-order valence-electron chi connectivity index (χ3n) is 3.35. The standard InChI is InChI=1S/C14H12OS/c1-14(15-16)12-8-4-2-6-10(12)11-7-3-5-9-13(11)14/h2-9,16H,1H3. The second-order valence-corrected chi connectivity index (χ2v) is 4.40. The van der Waals surface area contributed by atoms with E-state index in [-0.39, 0.29) is 0 Å². The summed E-state index contributed by atoms with van der Waals surface area (Å²) in [5.74, 6) is 0. The van der Waals surface area contributed by atoms with Crippen molar-refractivity contribution in [1.29, 1.82) is 0 Å². The van der Waals surface area contributed by atoms with Gasteiger partial charge in [0.2, 0.25) is 0 Å². The topological polar surface area (TPSA) is 9.23 Å². The Balaban J connectivity index is 2.39. The van der Waals surface area contributed by atoms with Crippen LogP contribution < -0.4 is 0 Å². The zero-order chi connectivity index (χ0) is 11.2. The maximum Gasteiger partial charge on any atom is 0.131 e. The van der Waals surface area contributed by atoms with Crippen molar-refractivity contribution in [3.05, 3.63) is 59.7 Å². The van der Waals surface area contributed by atoms with E-state index >= 15 is 0 Å². The molecule has 0 heterocycles. The average Bonchev–Trinajstić information content (AvgIpc) is 2.62. The van der Waals surface area contributed by atoms with Crippen LogP contribution in [-0.2, 0) is 9.78 Å². The Labute approximate surface area is 101 Å². The fourth-order valence-electron chi connectivity index (χ4n) is 2.51. The second kappa shape index (κ2) is 3.37. The first-order chi connectivity index (χ1) is 7.77. The van der Waals surface area contributed by atoms with Crippen LogP contribution in [0.3, 0.4) is 0 Å². The number of benzene rings is 2. The fraction of sp³-hybridized carbons (Fsp3) is 0.143. The highest BCUT2D eigenvalue weighted by Gasteiger charge is 2.39. The van der Waals surface area contributed by atoms with Gasteiger partial charge in [-0.1, -0.05) is 48.5 Å². The van der Waals surface area contributed by atoms with Crippen LogP contribution in [0.2, 0.25) is 0 Å². The molecule has 0 saturated carbocycles. The van der Waals surface area contributed by atoms with Gasteiger partial charge in [0, 0.05) is 0 Å². The molecule has 0 unspecified atom stereocenters. The Kier molecular flexibility index (Phi) is 2.09. The van der Waals surface area contributed by atoms with Gasteiger partial charge in [-0.15, -0.1) is 0 Å². The van der Waals surface area contributed by atoms with Crippen molar-refractivity contribution in [3.8, 4) is 11.1 Å². The van der Waals surface area contributed by atoms with Crippen molar-refractivity contribution in [2.75, 3.05) is 0 Å². The second-order valence-electron chi connectivity index (χ2n) is 4.22. The maximum absolute atomic E-state index is 5.45. The molecular formula is C14H12OS. The van der Waals surface area contributed by atoms with E-state index in [0.29, 0.717) is 0 Å². The molecule has 2 aromatic rings. The van der Waals surface area contributed by atoms with Crippen molar-refractivity contribution in [3.63, 3.8) is 0 Å². The molecule has 80 valence electrons. The summed E-state index contributed by atoms with van der Waals surface area (Å²) in [7, 11) is 0. The number of thiol groups is 1. The zero-order valence-corrected chi connectivity index (χ0v) is 9.87. The van der Waals surface area contributed by atoms with Gasteiger partial charge in [0.05, 0.1) is 0 Å². The van der Waals surface area contributed by atoms with Gasteiger partial charge in [-0.25, -0.2) is 0 Å². The van der Waals surface area contributed by atoms with Gasteiger partial charge in [0.15, 0.2) is 0 Å². The number of rotatable bonds is 1. The molecule has 16 heavy (non-hydrogen) atoms. The SMILES string of the molecule is CC1(OS)c2ccccc2-c2ccccc21. The van der Waals surface area contributed by atoms with Crippen LogP contribution in [0.25, 0.3) is 11.1 Å². The highest BCUT2D eigenvalue weighted by molar-refractivity contribution is 7.75. The Morgan fingerprint density at radius 2 is 1.31 bits per heavy atom. The molecular weight excluding hydrogens is 216 g/mol. The Morgan fingerprint density at radius 3 is 1.75 bits per heavy atom. The molecule has 1 aliphatic rings.